The summed E-state index contributed by atoms with van der Waals surface area (Å²) in [5.74, 6) is -0.836. The van der Waals surface area contributed by atoms with Crippen LogP contribution in [0.5, 0.6) is 0 Å². The first-order valence-electron chi connectivity index (χ1n) is 7.47. The number of carbonyl (C=O) groups is 2. The molecule has 0 aromatic carbocycles. The van der Waals surface area contributed by atoms with Gasteiger partial charge in [0.15, 0.2) is 0 Å². The van der Waals surface area contributed by atoms with Crippen molar-refractivity contribution < 1.29 is 19.4 Å². The van der Waals surface area contributed by atoms with Crippen LogP contribution in [0.1, 0.15) is 27.2 Å². The van der Waals surface area contributed by atoms with Crippen molar-refractivity contribution in [2.45, 2.75) is 39.3 Å². The zero-order valence-corrected chi connectivity index (χ0v) is 13.1. The van der Waals surface area contributed by atoms with Crippen LogP contribution in [0.3, 0.4) is 0 Å². The maximum absolute atomic E-state index is 11.9. The maximum Gasteiger partial charge on any atom is 0.315 e. The molecule has 2 amide bonds. The third kappa shape index (κ3) is 7.29. The predicted molar refractivity (Wildman–Crippen MR) is 79.3 cm³/mol. The van der Waals surface area contributed by atoms with Gasteiger partial charge >= 0.3 is 12.0 Å². The highest BCUT2D eigenvalue weighted by Crippen LogP contribution is 2.06. The quantitative estimate of drug-likeness (QED) is 0.637. The summed E-state index contributed by atoms with van der Waals surface area (Å²) in [5.41, 5.74) is 0. The molecule has 1 heterocycles. The number of rotatable bonds is 7. The predicted octanol–water partition coefficient (Wildman–Crippen LogP) is 0.506. The molecule has 0 radical (unpaired) electrons. The maximum atomic E-state index is 11.9. The Hall–Kier alpha value is -1.34. The number of morpholine rings is 1. The average molecular weight is 301 g/mol. The van der Waals surface area contributed by atoms with Crippen LogP contribution in [0.2, 0.25) is 0 Å². The molecule has 2 unspecified atom stereocenters. The molecule has 7 nitrogen and oxygen atoms in total. The van der Waals surface area contributed by atoms with E-state index in [2.05, 4.69) is 15.5 Å². The Morgan fingerprint density at radius 3 is 2.33 bits per heavy atom. The average Bonchev–Trinajstić information content (AvgIpc) is 2.38. The molecule has 0 bridgehead atoms. The van der Waals surface area contributed by atoms with E-state index < -0.39 is 5.97 Å². The van der Waals surface area contributed by atoms with Crippen LogP contribution in [0.25, 0.3) is 0 Å². The summed E-state index contributed by atoms with van der Waals surface area (Å²) in [6.45, 7) is 9.71. The highest BCUT2D eigenvalue weighted by Gasteiger charge is 2.21. The molecule has 21 heavy (non-hydrogen) atoms. The Morgan fingerprint density at radius 1 is 1.19 bits per heavy atom. The summed E-state index contributed by atoms with van der Waals surface area (Å²) in [5, 5.41) is 14.5. The molecular formula is C14H27N3O4. The number of ether oxygens (including phenoxy) is 1. The number of amides is 2. The van der Waals surface area contributed by atoms with Gasteiger partial charge in [-0.3, -0.25) is 9.69 Å². The topological polar surface area (TPSA) is 90.9 Å². The smallest absolute Gasteiger partial charge is 0.315 e. The molecule has 122 valence electrons. The van der Waals surface area contributed by atoms with E-state index in [9.17, 15) is 9.59 Å². The van der Waals surface area contributed by atoms with Gasteiger partial charge < -0.3 is 20.5 Å². The van der Waals surface area contributed by atoms with Crippen LogP contribution in [0, 0.1) is 5.92 Å². The molecule has 1 fully saturated rings. The van der Waals surface area contributed by atoms with Crippen LogP contribution >= 0.6 is 0 Å². The number of urea groups is 1. The Kier molecular flexibility index (Phi) is 7.45. The third-order valence-electron chi connectivity index (χ3n) is 3.53. The van der Waals surface area contributed by atoms with E-state index >= 15 is 0 Å². The molecule has 0 aromatic heterocycles. The molecule has 0 aliphatic carbocycles. The summed E-state index contributed by atoms with van der Waals surface area (Å²) in [6, 6.07) is -0.672. The number of hydrogen-bond acceptors (Lipinski definition) is 4. The van der Waals surface area contributed by atoms with Gasteiger partial charge in [0.2, 0.25) is 0 Å². The fourth-order valence-corrected chi connectivity index (χ4v) is 2.29. The molecule has 7 heteroatoms. The molecule has 3 N–H and O–H groups in total. The minimum Gasteiger partial charge on any atom is -0.481 e. The zero-order valence-electron chi connectivity index (χ0n) is 13.1. The van der Waals surface area contributed by atoms with Crippen molar-refractivity contribution in [1.29, 1.82) is 0 Å². The first kappa shape index (κ1) is 17.7. The number of carbonyl (C=O) groups excluding carboxylic acids is 1. The fraction of sp³-hybridized carbons (Fsp3) is 0.857. The largest absolute Gasteiger partial charge is 0.481 e. The molecule has 2 atom stereocenters. The number of nitrogens with zero attached hydrogens (tertiary/aromatic N) is 1. The highest BCUT2D eigenvalue weighted by atomic mass is 16.5. The summed E-state index contributed by atoms with van der Waals surface area (Å²) >= 11 is 0. The van der Waals surface area contributed by atoms with E-state index in [1.54, 1.807) is 0 Å². The monoisotopic (exact) mass is 301 g/mol. The van der Waals surface area contributed by atoms with E-state index in [1.807, 2.05) is 20.8 Å². The standard InChI is InChI=1S/C14H27N3O4/c1-10(2)12(8-13(18)19)16-14(20)15-11(3)9-17-4-6-21-7-5-17/h10-12H,4-9H2,1-3H3,(H,18,19)(H2,15,16,20). The van der Waals surface area contributed by atoms with Crippen LogP contribution in [-0.4, -0.2) is 66.9 Å². The van der Waals surface area contributed by atoms with E-state index in [-0.39, 0.29) is 30.5 Å². The normalized spacial score (nSPS) is 19.0. The van der Waals surface area contributed by atoms with Gasteiger partial charge in [0.25, 0.3) is 0 Å². The molecular weight excluding hydrogens is 274 g/mol. The van der Waals surface area contributed by atoms with E-state index in [0.717, 1.165) is 32.8 Å². The van der Waals surface area contributed by atoms with Gasteiger partial charge in [-0.2, -0.15) is 0 Å². The van der Waals surface area contributed by atoms with Gasteiger partial charge in [0, 0.05) is 31.7 Å². The number of nitrogens with one attached hydrogen (secondary N) is 2. The molecule has 1 rings (SSSR count). The lowest BCUT2D eigenvalue weighted by atomic mass is 10.0. The second kappa shape index (κ2) is 8.84. The van der Waals surface area contributed by atoms with Crippen LogP contribution in [0.4, 0.5) is 4.79 Å². The van der Waals surface area contributed by atoms with E-state index in [1.165, 1.54) is 0 Å². The highest BCUT2D eigenvalue weighted by molar-refractivity contribution is 5.76. The lowest BCUT2D eigenvalue weighted by molar-refractivity contribution is -0.137. The summed E-state index contributed by atoms with van der Waals surface area (Å²) in [6.07, 6.45) is -0.0665. The fourth-order valence-electron chi connectivity index (χ4n) is 2.29. The zero-order chi connectivity index (χ0) is 15.8. The Labute approximate surface area is 126 Å². The second-order valence-electron chi connectivity index (χ2n) is 5.88. The lowest BCUT2D eigenvalue weighted by Gasteiger charge is -2.30. The SMILES string of the molecule is CC(CN1CCOCC1)NC(=O)NC(CC(=O)O)C(C)C. The first-order chi connectivity index (χ1) is 9.88. The molecule has 1 aliphatic rings. The number of hydrogen-bond donors (Lipinski definition) is 3. The van der Waals surface area contributed by atoms with Crippen molar-refractivity contribution in [3.8, 4) is 0 Å². The van der Waals surface area contributed by atoms with Crippen molar-refractivity contribution in [2.75, 3.05) is 32.8 Å². The lowest BCUT2D eigenvalue weighted by Crippen LogP contribution is -2.51. The van der Waals surface area contributed by atoms with E-state index in [0.29, 0.717) is 0 Å². The molecule has 0 saturated carbocycles. The molecule has 0 spiro atoms. The molecule has 1 saturated heterocycles. The summed E-state index contributed by atoms with van der Waals surface area (Å²) in [4.78, 5) is 25.0. The number of aliphatic carboxylic acids is 1. The Morgan fingerprint density at radius 2 is 1.81 bits per heavy atom. The Balaban J connectivity index is 2.34. The van der Waals surface area contributed by atoms with Crippen molar-refractivity contribution in [3.05, 3.63) is 0 Å². The van der Waals surface area contributed by atoms with Crippen LogP contribution < -0.4 is 10.6 Å². The van der Waals surface area contributed by atoms with Crippen LogP contribution in [0.15, 0.2) is 0 Å². The van der Waals surface area contributed by atoms with Crippen molar-refractivity contribution in [1.82, 2.24) is 15.5 Å². The van der Waals surface area contributed by atoms with Gasteiger partial charge in [0.1, 0.15) is 0 Å². The minimum atomic E-state index is -0.907. The van der Waals surface area contributed by atoms with Gasteiger partial charge in [-0.15, -0.1) is 0 Å². The van der Waals surface area contributed by atoms with Gasteiger partial charge in [-0.25, -0.2) is 4.79 Å². The first-order valence-corrected chi connectivity index (χ1v) is 7.47. The van der Waals surface area contributed by atoms with Crippen molar-refractivity contribution in [3.63, 3.8) is 0 Å². The van der Waals surface area contributed by atoms with Gasteiger partial charge in [0.05, 0.1) is 19.6 Å². The van der Waals surface area contributed by atoms with Crippen LogP contribution in [-0.2, 0) is 9.53 Å². The van der Waals surface area contributed by atoms with Crippen molar-refractivity contribution >= 4 is 12.0 Å². The van der Waals surface area contributed by atoms with Gasteiger partial charge in [-0.1, -0.05) is 13.8 Å². The van der Waals surface area contributed by atoms with Gasteiger partial charge in [-0.05, 0) is 12.8 Å². The number of carboxylic acids is 1. The van der Waals surface area contributed by atoms with Crippen molar-refractivity contribution in [2.24, 2.45) is 5.92 Å². The molecule has 1 aliphatic heterocycles. The Bertz CT molecular complexity index is 343. The molecule has 0 aromatic rings. The number of carboxylic acid groups (broad SMARTS) is 1. The second-order valence-corrected chi connectivity index (χ2v) is 5.88. The van der Waals surface area contributed by atoms with E-state index in [4.69, 9.17) is 9.84 Å². The summed E-state index contributed by atoms with van der Waals surface area (Å²) in [7, 11) is 0. The minimum absolute atomic E-state index is 0.000685. The summed E-state index contributed by atoms with van der Waals surface area (Å²) < 4.78 is 5.28. The third-order valence-corrected chi connectivity index (χ3v) is 3.53.